The van der Waals surface area contributed by atoms with Gasteiger partial charge in [0.25, 0.3) is 5.69 Å². The summed E-state index contributed by atoms with van der Waals surface area (Å²) in [4.78, 5) is 12.5. The van der Waals surface area contributed by atoms with Gasteiger partial charge in [0.05, 0.1) is 16.8 Å². The zero-order valence-electron chi connectivity index (χ0n) is 19.2. The highest BCUT2D eigenvalue weighted by Gasteiger charge is 2.27. The average molecular weight is 482 g/mol. The molecular weight excluding hydrogens is 454 g/mol. The SMILES string of the molecule is CCN(CC)S(=O)(=O)c1cc([N+](=O)[O-])ccc1NN=Cc1ccc(N(C)c2ccccc2)cc1. The Balaban J connectivity index is 1.82. The van der Waals surface area contributed by atoms with Gasteiger partial charge in [0.15, 0.2) is 0 Å². The van der Waals surface area contributed by atoms with Crippen molar-refractivity contribution < 1.29 is 13.3 Å². The Kier molecular flexibility index (Phi) is 7.98. The Bertz CT molecular complexity index is 1260. The van der Waals surface area contributed by atoms with Crippen molar-refractivity contribution in [3.05, 3.63) is 88.5 Å². The van der Waals surface area contributed by atoms with Crippen LogP contribution in [0.2, 0.25) is 0 Å². The number of para-hydroxylation sites is 1. The zero-order chi connectivity index (χ0) is 24.7. The van der Waals surface area contributed by atoms with E-state index >= 15 is 0 Å². The number of hydrogen-bond donors (Lipinski definition) is 1. The molecule has 0 aliphatic rings. The summed E-state index contributed by atoms with van der Waals surface area (Å²) in [6, 6.07) is 21.3. The van der Waals surface area contributed by atoms with E-state index in [1.165, 1.54) is 16.4 Å². The lowest BCUT2D eigenvalue weighted by atomic mass is 10.2. The molecule has 0 radical (unpaired) electrons. The van der Waals surface area contributed by atoms with Crippen molar-refractivity contribution in [3.63, 3.8) is 0 Å². The van der Waals surface area contributed by atoms with Crippen molar-refractivity contribution in [2.45, 2.75) is 18.7 Å². The minimum Gasteiger partial charge on any atom is -0.345 e. The van der Waals surface area contributed by atoms with Gasteiger partial charge in [0.1, 0.15) is 4.90 Å². The lowest BCUT2D eigenvalue weighted by molar-refractivity contribution is -0.385. The quantitative estimate of drug-likeness (QED) is 0.252. The number of hydrazone groups is 1. The Labute approximate surface area is 199 Å². The van der Waals surface area contributed by atoms with Crippen LogP contribution in [0, 0.1) is 10.1 Å². The molecule has 34 heavy (non-hydrogen) atoms. The van der Waals surface area contributed by atoms with Crippen LogP contribution < -0.4 is 10.3 Å². The maximum atomic E-state index is 13.0. The van der Waals surface area contributed by atoms with Crippen molar-refractivity contribution in [3.8, 4) is 0 Å². The molecular formula is C24H27N5O4S. The van der Waals surface area contributed by atoms with Gasteiger partial charge >= 0.3 is 0 Å². The van der Waals surface area contributed by atoms with Gasteiger partial charge in [-0.3, -0.25) is 15.5 Å². The number of benzene rings is 3. The van der Waals surface area contributed by atoms with Crippen LogP contribution in [0.1, 0.15) is 19.4 Å². The van der Waals surface area contributed by atoms with Crippen molar-refractivity contribution in [1.82, 2.24) is 4.31 Å². The predicted octanol–water partition coefficient (Wildman–Crippen LogP) is 4.84. The van der Waals surface area contributed by atoms with Crippen LogP contribution in [0.3, 0.4) is 0 Å². The summed E-state index contributed by atoms with van der Waals surface area (Å²) < 4.78 is 27.3. The van der Waals surface area contributed by atoms with E-state index in [1.807, 2.05) is 61.6 Å². The molecule has 3 aromatic rings. The van der Waals surface area contributed by atoms with E-state index in [2.05, 4.69) is 15.4 Å². The Morgan fingerprint density at radius 1 is 0.971 bits per heavy atom. The number of nitro benzene ring substituents is 1. The van der Waals surface area contributed by atoms with E-state index in [0.29, 0.717) is 0 Å². The van der Waals surface area contributed by atoms with Crippen LogP contribution in [0.4, 0.5) is 22.7 Å². The first-order valence-corrected chi connectivity index (χ1v) is 12.2. The monoisotopic (exact) mass is 481 g/mol. The topological polar surface area (TPSA) is 108 Å². The highest BCUT2D eigenvalue weighted by Crippen LogP contribution is 2.29. The fourth-order valence-corrected chi connectivity index (χ4v) is 5.01. The van der Waals surface area contributed by atoms with E-state index in [4.69, 9.17) is 0 Å². The number of anilines is 3. The van der Waals surface area contributed by atoms with Gasteiger partial charge in [0.2, 0.25) is 10.0 Å². The van der Waals surface area contributed by atoms with E-state index < -0.39 is 14.9 Å². The van der Waals surface area contributed by atoms with E-state index in [-0.39, 0.29) is 29.4 Å². The number of non-ortho nitro benzene ring substituents is 1. The van der Waals surface area contributed by atoms with Crippen molar-refractivity contribution >= 4 is 39.0 Å². The maximum Gasteiger partial charge on any atom is 0.270 e. The van der Waals surface area contributed by atoms with Crippen LogP contribution in [0.25, 0.3) is 0 Å². The second kappa shape index (κ2) is 10.9. The third kappa shape index (κ3) is 5.59. The molecule has 0 aliphatic carbocycles. The molecule has 0 spiro atoms. The Morgan fingerprint density at radius 2 is 1.59 bits per heavy atom. The van der Waals surface area contributed by atoms with Crippen molar-refractivity contribution in [1.29, 1.82) is 0 Å². The summed E-state index contributed by atoms with van der Waals surface area (Å²) in [7, 11) is -1.96. The first-order valence-electron chi connectivity index (χ1n) is 10.7. The molecule has 0 heterocycles. The molecule has 0 fully saturated rings. The van der Waals surface area contributed by atoms with Gasteiger partial charge in [0, 0.05) is 43.6 Å². The smallest absolute Gasteiger partial charge is 0.270 e. The highest BCUT2D eigenvalue weighted by atomic mass is 32.2. The molecule has 10 heteroatoms. The minimum atomic E-state index is -3.94. The third-order valence-corrected chi connectivity index (χ3v) is 7.41. The molecule has 0 amide bonds. The second-order valence-electron chi connectivity index (χ2n) is 7.38. The van der Waals surface area contributed by atoms with E-state index in [9.17, 15) is 18.5 Å². The minimum absolute atomic E-state index is 0.161. The maximum absolute atomic E-state index is 13.0. The van der Waals surface area contributed by atoms with Crippen LogP contribution in [-0.4, -0.2) is 44.0 Å². The fraction of sp³-hybridized carbons (Fsp3) is 0.208. The normalized spacial score (nSPS) is 11.6. The molecule has 0 saturated heterocycles. The largest absolute Gasteiger partial charge is 0.345 e. The molecule has 1 N–H and O–H groups in total. The summed E-state index contributed by atoms with van der Waals surface area (Å²) in [5.41, 5.74) is 5.44. The molecule has 9 nitrogen and oxygen atoms in total. The summed E-state index contributed by atoms with van der Waals surface area (Å²) >= 11 is 0. The molecule has 0 atom stereocenters. The van der Waals surface area contributed by atoms with Gasteiger partial charge in [-0.1, -0.05) is 44.2 Å². The number of nitro groups is 1. The van der Waals surface area contributed by atoms with Gasteiger partial charge in [-0.15, -0.1) is 0 Å². The predicted molar refractivity (Wildman–Crippen MR) is 135 cm³/mol. The summed E-state index contributed by atoms with van der Waals surface area (Å²) in [5, 5.41) is 15.4. The fourth-order valence-electron chi connectivity index (χ4n) is 3.39. The highest BCUT2D eigenvalue weighted by molar-refractivity contribution is 7.89. The molecule has 0 unspecified atom stereocenters. The molecule has 0 aliphatic heterocycles. The zero-order valence-corrected chi connectivity index (χ0v) is 20.1. The molecule has 0 aromatic heterocycles. The van der Waals surface area contributed by atoms with Crippen LogP contribution in [0.5, 0.6) is 0 Å². The summed E-state index contributed by atoms with van der Waals surface area (Å²) in [5.74, 6) is 0. The van der Waals surface area contributed by atoms with Crippen LogP contribution >= 0.6 is 0 Å². The standard InChI is InChI=1S/C24H27N5O4S/c1-4-28(5-2)34(32,33)24-17-22(29(30)31)15-16-23(24)26-25-18-19-11-13-21(14-12-19)27(3)20-9-7-6-8-10-20/h6-18,26H,4-5H2,1-3H3. The molecule has 0 saturated carbocycles. The van der Waals surface area contributed by atoms with Gasteiger partial charge in [-0.2, -0.15) is 9.41 Å². The van der Waals surface area contributed by atoms with E-state index in [0.717, 1.165) is 23.0 Å². The Morgan fingerprint density at radius 3 is 2.18 bits per heavy atom. The number of hydrogen-bond acceptors (Lipinski definition) is 7. The van der Waals surface area contributed by atoms with Crippen LogP contribution in [-0.2, 0) is 10.0 Å². The molecule has 3 aromatic carbocycles. The lowest BCUT2D eigenvalue weighted by Gasteiger charge is -2.20. The molecule has 178 valence electrons. The van der Waals surface area contributed by atoms with Gasteiger partial charge < -0.3 is 4.90 Å². The number of nitrogens with one attached hydrogen (secondary N) is 1. The van der Waals surface area contributed by atoms with Gasteiger partial charge in [-0.05, 0) is 35.9 Å². The molecule has 3 rings (SSSR count). The summed E-state index contributed by atoms with van der Waals surface area (Å²) in [6.07, 6.45) is 1.56. The van der Waals surface area contributed by atoms with Crippen molar-refractivity contribution in [2.24, 2.45) is 5.10 Å². The second-order valence-corrected chi connectivity index (χ2v) is 9.29. The van der Waals surface area contributed by atoms with Gasteiger partial charge in [-0.25, -0.2) is 8.42 Å². The van der Waals surface area contributed by atoms with Crippen molar-refractivity contribution in [2.75, 3.05) is 30.5 Å². The first-order chi connectivity index (χ1) is 16.3. The number of rotatable bonds is 10. The number of nitrogens with zero attached hydrogens (tertiary/aromatic N) is 4. The first kappa shape index (κ1) is 24.9. The number of sulfonamides is 1. The third-order valence-electron chi connectivity index (χ3n) is 5.32. The Hall–Kier alpha value is -3.76. The average Bonchev–Trinajstić information content (AvgIpc) is 2.85. The van der Waals surface area contributed by atoms with E-state index in [1.54, 1.807) is 20.1 Å². The molecule has 0 bridgehead atoms. The summed E-state index contributed by atoms with van der Waals surface area (Å²) in [6.45, 7) is 3.91. The van der Waals surface area contributed by atoms with Crippen LogP contribution in [0.15, 0.2) is 82.8 Å². The lowest BCUT2D eigenvalue weighted by Crippen LogP contribution is -2.31.